The molecule has 1 amide bonds. The van der Waals surface area contributed by atoms with Crippen LogP contribution in [0.4, 0.5) is 5.69 Å². The molecule has 0 atom stereocenters. The number of para-hydroxylation sites is 2. The number of carbonyl (C=O) groups is 1. The van der Waals surface area contributed by atoms with Gasteiger partial charge < -0.3 is 14.5 Å². The Balaban J connectivity index is 1.38. The number of aromatic nitrogens is 1. The number of nitrogens with one attached hydrogen (secondary N) is 1. The normalized spacial score (nSPS) is 11.0. The molecule has 0 radical (unpaired) electrons. The highest BCUT2D eigenvalue weighted by molar-refractivity contribution is 6.09. The number of anilines is 1. The Bertz CT molecular complexity index is 1360. The monoisotopic (exact) mass is 394 g/mol. The summed E-state index contributed by atoms with van der Waals surface area (Å²) in [5, 5.41) is 4.60. The minimum atomic E-state index is -0.314. The third-order valence-electron chi connectivity index (χ3n) is 4.87. The summed E-state index contributed by atoms with van der Waals surface area (Å²) in [7, 11) is 0. The van der Waals surface area contributed by atoms with Gasteiger partial charge in [-0.1, -0.05) is 30.3 Å². The fourth-order valence-electron chi connectivity index (χ4n) is 3.40. The molecule has 0 aliphatic carbocycles. The molecule has 0 spiro atoms. The van der Waals surface area contributed by atoms with Crippen LogP contribution in [0, 0.1) is 6.92 Å². The SMILES string of the molecule is Cc1nc2ccccc2c2oc(C(=O)Nc3ccc(Oc4ccccc4)cc3)cc12. The van der Waals surface area contributed by atoms with Gasteiger partial charge in [-0.15, -0.1) is 0 Å². The van der Waals surface area contributed by atoms with E-state index in [-0.39, 0.29) is 11.7 Å². The molecule has 0 bridgehead atoms. The number of hydrogen-bond acceptors (Lipinski definition) is 4. The van der Waals surface area contributed by atoms with Crippen molar-refractivity contribution in [1.82, 2.24) is 4.98 Å². The fraction of sp³-hybridized carbons (Fsp3) is 0.0400. The largest absolute Gasteiger partial charge is 0.457 e. The Morgan fingerprint density at radius 1 is 0.867 bits per heavy atom. The maximum atomic E-state index is 12.8. The Labute approximate surface area is 172 Å². The van der Waals surface area contributed by atoms with Crippen LogP contribution in [-0.2, 0) is 0 Å². The van der Waals surface area contributed by atoms with Crippen molar-refractivity contribution in [3.05, 3.63) is 96.4 Å². The van der Waals surface area contributed by atoms with Gasteiger partial charge in [0.2, 0.25) is 0 Å². The van der Waals surface area contributed by atoms with Gasteiger partial charge in [0.25, 0.3) is 5.91 Å². The van der Waals surface area contributed by atoms with E-state index in [0.717, 1.165) is 27.7 Å². The molecule has 5 nitrogen and oxygen atoms in total. The van der Waals surface area contributed by atoms with Crippen molar-refractivity contribution < 1.29 is 13.9 Å². The van der Waals surface area contributed by atoms with E-state index in [0.29, 0.717) is 17.0 Å². The molecule has 0 saturated heterocycles. The fourth-order valence-corrected chi connectivity index (χ4v) is 3.40. The predicted molar refractivity (Wildman–Crippen MR) is 117 cm³/mol. The zero-order chi connectivity index (χ0) is 20.5. The number of aryl methyl sites for hydroxylation is 1. The number of nitrogens with zero attached hydrogens (tertiary/aromatic N) is 1. The van der Waals surface area contributed by atoms with Crippen molar-refractivity contribution in [2.24, 2.45) is 0 Å². The van der Waals surface area contributed by atoms with Crippen molar-refractivity contribution >= 4 is 33.5 Å². The van der Waals surface area contributed by atoms with Crippen molar-refractivity contribution in [2.75, 3.05) is 5.32 Å². The van der Waals surface area contributed by atoms with Crippen molar-refractivity contribution in [3.8, 4) is 11.5 Å². The van der Waals surface area contributed by atoms with Gasteiger partial charge in [-0.2, -0.15) is 0 Å². The Kier molecular flexibility index (Phi) is 4.41. The average molecular weight is 394 g/mol. The number of benzene rings is 3. The lowest BCUT2D eigenvalue weighted by molar-refractivity contribution is 0.0999. The Hall–Kier alpha value is -4.12. The lowest BCUT2D eigenvalue weighted by atomic mass is 10.1. The minimum Gasteiger partial charge on any atom is -0.457 e. The molecule has 0 fully saturated rings. The van der Waals surface area contributed by atoms with Crippen LogP contribution in [0.25, 0.3) is 21.9 Å². The van der Waals surface area contributed by atoms with Crippen LogP contribution in [0.5, 0.6) is 11.5 Å². The topological polar surface area (TPSA) is 64.4 Å². The van der Waals surface area contributed by atoms with Crippen molar-refractivity contribution in [1.29, 1.82) is 0 Å². The summed E-state index contributed by atoms with van der Waals surface area (Å²) in [4.78, 5) is 17.3. The lowest BCUT2D eigenvalue weighted by Gasteiger charge is -2.07. The average Bonchev–Trinajstić information content (AvgIpc) is 3.23. The van der Waals surface area contributed by atoms with Gasteiger partial charge in [0, 0.05) is 22.2 Å². The van der Waals surface area contributed by atoms with Crippen molar-refractivity contribution in [2.45, 2.75) is 6.92 Å². The first kappa shape index (κ1) is 17.9. The molecule has 1 N–H and O–H groups in total. The maximum absolute atomic E-state index is 12.8. The van der Waals surface area contributed by atoms with E-state index in [1.807, 2.05) is 73.7 Å². The first-order valence-electron chi connectivity index (χ1n) is 9.60. The van der Waals surface area contributed by atoms with Gasteiger partial charge in [0.15, 0.2) is 5.76 Å². The molecule has 2 aromatic heterocycles. The molecule has 5 heteroatoms. The molecule has 5 rings (SSSR count). The third kappa shape index (κ3) is 3.37. The molecule has 146 valence electrons. The molecule has 0 aliphatic rings. The molecule has 0 aliphatic heterocycles. The minimum absolute atomic E-state index is 0.246. The van der Waals surface area contributed by atoms with Crippen LogP contribution in [0.1, 0.15) is 16.2 Å². The highest BCUT2D eigenvalue weighted by Gasteiger charge is 2.16. The van der Waals surface area contributed by atoms with Gasteiger partial charge >= 0.3 is 0 Å². The summed E-state index contributed by atoms with van der Waals surface area (Å²) < 4.78 is 11.7. The lowest BCUT2D eigenvalue weighted by Crippen LogP contribution is -2.10. The number of rotatable bonds is 4. The molecular weight excluding hydrogens is 376 g/mol. The second kappa shape index (κ2) is 7.37. The van der Waals surface area contributed by atoms with E-state index in [4.69, 9.17) is 9.15 Å². The van der Waals surface area contributed by atoms with Gasteiger partial charge in [0.1, 0.15) is 17.1 Å². The summed E-state index contributed by atoms with van der Waals surface area (Å²) in [6.45, 7) is 1.91. The molecular formula is C25H18N2O3. The van der Waals surface area contributed by atoms with Crippen LogP contribution in [-0.4, -0.2) is 10.9 Å². The summed E-state index contributed by atoms with van der Waals surface area (Å²) in [5.74, 6) is 1.38. The number of ether oxygens (including phenoxy) is 1. The van der Waals surface area contributed by atoms with E-state index in [1.165, 1.54) is 0 Å². The molecule has 0 saturated carbocycles. The first-order valence-corrected chi connectivity index (χ1v) is 9.60. The first-order chi connectivity index (χ1) is 14.7. The highest BCUT2D eigenvalue weighted by atomic mass is 16.5. The highest BCUT2D eigenvalue weighted by Crippen LogP contribution is 2.29. The Morgan fingerprint density at radius 3 is 2.37 bits per heavy atom. The number of fused-ring (bicyclic) bond motifs is 3. The standard InChI is InChI=1S/C25H18N2O3/c1-16-21-15-23(30-24(21)20-9-5-6-10-22(20)26-16)25(28)27-17-11-13-19(14-12-17)29-18-7-3-2-4-8-18/h2-15H,1H3,(H,27,28). The van der Waals surface area contributed by atoms with Crippen LogP contribution in [0.3, 0.4) is 0 Å². The number of pyridine rings is 1. The summed E-state index contributed by atoms with van der Waals surface area (Å²) >= 11 is 0. The number of furan rings is 1. The van der Waals surface area contributed by atoms with E-state index in [9.17, 15) is 4.79 Å². The van der Waals surface area contributed by atoms with Crippen LogP contribution in [0.2, 0.25) is 0 Å². The number of amides is 1. The van der Waals surface area contributed by atoms with Crippen molar-refractivity contribution in [3.63, 3.8) is 0 Å². The zero-order valence-electron chi connectivity index (χ0n) is 16.3. The van der Waals surface area contributed by atoms with Crippen LogP contribution >= 0.6 is 0 Å². The molecule has 30 heavy (non-hydrogen) atoms. The zero-order valence-corrected chi connectivity index (χ0v) is 16.3. The molecule has 2 heterocycles. The van der Waals surface area contributed by atoms with Gasteiger partial charge in [0.05, 0.1) is 5.52 Å². The van der Waals surface area contributed by atoms with Crippen LogP contribution in [0.15, 0.2) is 89.3 Å². The Morgan fingerprint density at radius 2 is 1.57 bits per heavy atom. The third-order valence-corrected chi connectivity index (χ3v) is 4.87. The van der Waals surface area contributed by atoms with E-state index in [1.54, 1.807) is 18.2 Å². The summed E-state index contributed by atoms with van der Waals surface area (Å²) in [6, 6.07) is 26.2. The smallest absolute Gasteiger partial charge is 0.291 e. The summed E-state index contributed by atoms with van der Waals surface area (Å²) in [6.07, 6.45) is 0. The second-order valence-electron chi connectivity index (χ2n) is 6.96. The van der Waals surface area contributed by atoms with E-state index < -0.39 is 0 Å². The maximum Gasteiger partial charge on any atom is 0.291 e. The molecule has 3 aromatic carbocycles. The van der Waals surface area contributed by atoms with Gasteiger partial charge in [-0.3, -0.25) is 9.78 Å². The van der Waals surface area contributed by atoms with E-state index in [2.05, 4.69) is 10.3 Å². The quantitative estimate of drug-likeness (QED) is 0.387. The molecule has 0 unspecified atom stereocenters. The van der Waals surface area contributed by atoms with Gasteiger partial charge in [-0.05, 0) is 61.5 Å². The number of carbonyl (C=O) groups excluding carboxylic acids is 1. The second-order valence-corrected chi connectivity index (χ2v) is 6.96. The molecule has 5 aromatic rings. The summed E-state index contributed by atoms with van der Waals surface area (Å²) in [5.41, 5.74) is 3.00. The van der Waals surface area contributed by atoms with E-state index >= 15 is 0 Å². The predicted octanol–water partition coefficient (Wildman–Crippen LogP) is 6.33. The van der Waals surface area contributed by atoms with Gasteiger partial charge in [-0.25, -0.2) is 0 Å². The number of hydrogen-bond donors (Lipinski definition) is 1. The van der Waals surface area contributed by atoms with Crippen LogP contribution < -0.4 is 10.1 Å².